The van der Waals surface area contributed by atoms with Gasteiger partial charge in [0, 0.05) is 25.4 Å². The van der Waals surface area contributed by atoms with Crippen LogP contribution in [-0.2, 0) is 123 Å². The van der Waals surface area contributed by atoms with Crippen LogP contribution in [0.2, 0.25) is 0 Å². The predicted octanol–water partition coefficient (Wildman–Crippen LogP) is 0.992. The fourth-order valence-electron chi connectivity index (χ4n) is 6.03. The second kappa shape index (κ2) is 73.1. The summed E-state index contributed by atoms with van der Waals surface area (Å²) in [4.78, 5) is 29.7. The standard InChI is InChI=1S/C55H110NO28P/c1-54(85(58,59)60)4-3-5-55(57)56-6-7-62-10-11-64-14-15-66-18-19-68-22-23-70-26-27-72-30-31-74-34-35-76-38-39-78-42-43-80-46-47-82-50-51-84-53-52-83-49-48-81-45-44-79-41-40-77-37-36-75-33-32-73-29-28-71-25-24-69-21-20-67-17-16-65-13-12-63-9-8-61-2/h1,3-53H2,2H3,(H,56,57)(H2,58,59,60). The minimum absolute atomic E-state index is 0.0997. The van der Waals surface area contributed by atoms with Crippen molar-refractivity contribution in [2.75, 3.05) is 324 Å². The maximum absolute atomic E-state index is 11.8. The third-order valence-electron chi connectivity index (χ3n) is 10.5. The van der Waals surface area contributed by atoms with E-state index in [4.69, 9.17) is 123 Å². The van der Waals surface area contributed by atoms with E-state index in [1.165, 1.54) is 0 Å². The minimum atomic E-state index is -4.29. The summed E-state index contributed by atoms with van der Waals surface area (Å²) in [5.41, 5.74) is 0. The topological polar surface area (TPSA) is 308 Å². The van der Waals surface area contributed by atoms with Gasteiger partial charge in [-0.2, -0.15) is 0 Å². The van der Waals surface area contributed by atoms with Crippen molar-refractivity contribution < 1.29 is 133 Å². The maximum Gasteiger partial charge on any atom is 0.351 e. The molecule has 508 valence electrons. The van der Waals surface area contributed by atoms with E-state index >= 15 is 0 Å². The van der Waals surface area contributed by atoms with Crippen molar-refractivity contribution in [3.63, 3.8) is 0 Å². The van der Waals surface area contributed by atoms with Crippen LogP contribution in [0.15, 0.2) is 11.9 Å². The van der Waals surface area contributed by atoms with Gasteiger partial charge in [-0.05, 0) is 12.8 Å². The van der Waals surface area contributed by atoms with Crippen LogP contribution in [0.4, 0.5) is 0 Å². The highest BCUT2D eigenvalue weighted by molar-refractivity contribution is 7.56. The van der Waals surface area contributed by atoms with Gasteiger partial charge < -0.3 is 129 Å². The van der Waals surface area contributed by atoms with E-state index in [0.29, 0.717) is 323 Å². The van der Waals surface area contributed by atoms with E-state index in [9.17, 15) is 9.36 Å². The molecule has 0 atom stereocenters. The smallest absolute Gasteiger partial charge is 0.351 e. The molecule has 0 bridgehead atoms. The molecule has 0 aromatic heterocycles. The first kappa shape index (κ1) is 83.4. The molecule has 0 aromatic rings. The summed E-state index contributed by atoms with van der Waals surface area (Å²) < 4.78 is 142. The molecule has 30 heteroatoms. The van der Waals surface area contributed by atoms with Crippen LogP contribution in [0.25, 0.3) is 0 Å². The van der Waals surface area contributed by atoms with Gasteiger partial charge in [0.15, 0.2) is 0 Å². The van der Waals surface area contributed by atoms with Gasteiger partial charge in [0.1, 0.15) is 0 Å². The van der Waals surface area contributed by atoms with Crippen LogP contribution in [0.5, 0.6) is 0 Å². The Morgan fingerprint density at radius 2 is 0.435 bits per heavy atom. The Bertz CT molecular complexity index is 1370. The normalized spacial score (nSPS) is 11.8. The molecule has 85 heavy (non-hydrogen) atoms. The number of amides is 1. The first-order chi connectivity index (χ1) is 41.9. The second-order valence-corrected chi connectivity index (χ2v) is 19.1. The summed E-state index contributed by atoms with van der Waals surface area (Å²) in [5, 5.41) is 2.52. The molecule has 0 saturated carbocycles. The zero-order chi connectivity index (χ0) is 61.4. The van der Waals surface area contributed by atoms with Gasteiger partial charge in [0.25, 0.3) is 0 Å². The number of allylic oxidation sites excluding steroid dienone is 1. The van der Waals surface area contributed by atoms with Crippen molar-refractivity contribution in [1.82, 2.24) is 5.32 Å². The van der Waals surface area contributed by atoms with Gasteiger partial charge in [-0.25, -0.2) is 0 Å². The predicted molar refractivity (Wildman–Crippen MR) is 309 cm³/mol. The number of rotatable bonds is 77. The average molecular weight is 1260 g/mol. The first-order valence-corrected chi connectivity index (χ1v) is 31.3. The second-order valence-electron chi connectivity index (χ2n) is 17.4. The van der Waals surface area contributed by atoms with Crippen LogP contribution in [0.1, 0.15) is 19.3 Å². The Morgan fingerprint density at radius 1 is 0.282 bits per heavy atom. The van der Waals surface area contributed by atoms with Crippen LogP contribution in [0, 0.1) is 0 Å². The van der Waals surface area contributed by atoms with Crippen molar-refractivity contribution >= 4 is 13.5 Å². The highest BCUT2D eigenvalue weighted by atomic mass is 31.2. The molecule has 0 fully saturated rings. The molecule has 0 saturated heterocycles. The van der Waals surface area contributed by atoms with Crippen LogP contribution >= 0.6 is 7.60 Å². The highest BCUT2D eigenvalue weighted by Gasteiger charge is 2.18. The molecule has 0 aromatic carbocycles. The van der Waals surface area contributed by atoms with Crippen LogP contribution in [0.3, 0.4) is 0 Å². The maximum atomic E-state index is 11.8. The lowest BCUT2D eigenvalue weighted by Crippen LogP contribution is -2.27. The molecular formula is C55H110NO28P. The van der Waals surface area contributed by atoms with E-state index in [2.05, 4.69) is 11.9 Å². The lowest BCUT2D eigenvalue weighted by Gasteiger charge is -2.09. The largest absolute Gasteiger partial charge is 0.382 e. The molecule has 0 spiro atoms. The quantitative estimate of drug-likeness (QED) is 0.0565. The van der Waals surface area contributed by atoms with E-state index in [0.717, 1.165) is 0 Å². The SMILES string of the molecule is C=C(CCCC(=O)NCCOCCOCCOCCOCCOCCOCCOCCOCCOCCOCCOCCOCCOCCOCCOCCOCCOCCOCCOCCOCCOCCOCCOCCOC)P(=O)(O)O. The number of methoxy groups -OCH3 is 1. The molecule has 3 N–H and O–H groups in total. The zero-order valence-corrected chi connectivity index (χ0v) is 52.1. The summed E-state index contributed by atoms with van der Waals surface area (Å²) in [6.45, 7) is 26.1. The third kappa shape index (κ3) is 74.8. The molecule has 0 aliphatic heterocycles. The van der Waals surface area contributed by atoms with Gasteiger partial charge in [-0.15, -0.1) is 0 Å². The Kier molecular flexibility index (Phi) is 71.8. The number of nitrogens with one attached hydrogen (secondary N) is 1. The number of ether oxygens (including phenoxy) is 24. The molecule has 29 nitrogen and oxygen atoms in total. The molecule has 1 amide bonds. The van der Waals surface area contributed by atoms with Crippen molar-refractivity contribution in [1.29, 1.82) is 0 Å². The number of carbonyl (C=O) groups is 1. The van der Waals surface area contributed by atoms with E-state index in [-0.39, 0.29) is 24.1 Å². The fraction of sp³-hybridized carbons (Fsp3) is 0.945. The Hall–Kier alpha value is -1.60. The number of hydrogen-bond acceptors (Lipinski definition) is 26. The summed E-state index contributed by atoms with van der Waals surface area (Å²) >= 11 is 0. The lowest BCUT2D eigenvalue weighted by molar-refractivity contribution is -0.121. The Labute approximate surface area is 505 Å². The molecule has 0 radical (unpaired) electrons. The average Bonchev–Trinajstić information content (AvgIpc) is 3.51. The summed E-state index contributed by atoms with van der Waals surface area (Å²) in [5.74, 6) is -0.212. The third-order valence-corrected chi connectivity index (χ3v) is 11.5. The number of hydrogen-bond donors (Lipinski definition) is 3. The molecule has 0 aliphatic carbocycles. The fourth-order valence-corrected chi connectivity index (χ4v) is 6.48. The molecule has 0 unspecified atom stereocenters. The summed E-state index contributed by atoms with van der Waals surface area (Å²) in [7, 11) is -2.64. The highest BCUT2D eigenvalue weighted by Crippen LogP contribution is 2.46. The lowest BCUT2D eigenvalue weighted by atomic mass is 10.2. The van der Waals surface area contributed by atoms with E-state index in [1.54, 1.807) is 7.11 Å². The first-order valence-electron chi connectivity index (χ1n) is 29.7. The van der Waals surface area contributed by atoms with Crippen molar-refractivity contribution in [3.05, 3.63) is 11.9 Å². The van der Waals surface area contributed by atoms with Gasteiger partial charge >= 0.3 is 7.60 Å². The van der Waals surface area contributed by atoms with E-state index in [1.807, 2.05) is 0 Å². The minimum Gasteiger partial charge on any atom is -0.382 e. The summed E-state index contributed by atoms with van der Waals surface area (Å²) in [6, 6.07) is 0. The Balaban J connectivity index is 3.12. The molecular weight excluding hydrogens is 1150 g/mol. The summed E-state index contributed by atoms with van der Waals surface area (Å²) in [6.07, 6.45) is 0.572. The van der Waals surface area contributed by atoms with Crippen molar-refractivity contribution in [2.45, 2.75) is 19.3 Å². The van der Waals surface area contributed by atoms with Crippen LogP contribution in [-0.4, -0.2) is 340 Å². The van der Waals surface area contributed by atoms with Gasteiger partial charge in [-0.3, -0.25) is 9.36 Å². The monoisotopic (exact) mass is 1260 g/mol. The van der Waals surface area contributed by atoms with E-state index < -0.39 is 7.60 Å². The molecule has 0 aliphatic rings. The van der Waals surface area contributed by atoms with Crippen molar-refractivity contribution in [2.24, 2.45) is 0 Å². The van der Waals surface area contributed by atoms with Gasteiger partial charge in [-0.1, -0.05) is 6.58 Å². The molecule has 0 heterocycles. The van der Waals surface area contributed by atoms with Crippen molar-refractivity contribution in [3.8, 4) is 0 Å². The Morgan fingerprint density at radius 3 is 0.588 bits per heavy atom. The zero-order valence-electron chi connectivity index (χ0n) is 51.2. The van der Waals surface area contributed by atoms with Crippen LogP contribution < -0.4 is 5.32 Å². The van der Waals surface area contributed by atoms with Gasteiger partial charge in [0.05, 0.1) is 311 Å². The van der Waals surface area contributed by atoms with Gasteiger partial charge in [0.2, 0.25) is 5.91 Å². The number of carbonyl (C=O) groups excluding carboxylic acids is 1. The molecule has 0 rings (SSSR count).